The molecule has 7 rings (SSSR count). The largest absolute Gasteiger partial charge is 0.508 e. The van der Waals surface area contributed by atoms with Gasteiger partial charge in [0.2, 0.25) is 18.3 Å². The molecule has 63 heavy (non-hydrogen) atoms. The molecule has 340 valence electrons. The maximum atomic E-state index is 12.6. The molecule has 3 aromatic carbocycles. The van der Waals surface area contributed by atoms with Crippen LogP contribution in [0.5, 0.6) is 28.7 Å². The van der Waals surface area contributed by atoms with Crippen molar-refractivity contribution in [2.45, 2.75) is 99.0 Å². The molecule has 0 aliphatic carbocycles. The zero-order valence-electron chi connectivity index (χ0n) is 33.1. The summed E-state index contributed by atoms with van der Waals surface area (Å²) >= 11 is 0. The second-order valence-electron chi connectivity index (χ2n) is 15.1. The number of hydrogen-bond acceptors (Lipinski definition) is 20. The quantitative estimate of drug-likeness (QED) is 0.0460. The average molecular weight is 888 g/mol. The molecule has 0 bridgehead atoms. The van der Waals surface area contributed by atoms with Crippen molar-refractivity contribution >= 4 is 23.0 Å². The first kappa shape index (κ1) is 45.8. The number of ether oxygens (including phenoxy) is 7. The number of benzene rings is 3. The van der Waals surface area contributed by atoms with Gasteiger partial charge in [0.05, 0.1) is 30.9 Å². The van der Waals surface area contributed by atoms with Gasteiger partial charge in [-0.1, -0.05) is 12.1 Å². The lowest BCUT2D eigenvalue weighted by Crippen LogP contribution is -2.62. The third-order valence-corrected chi connectivity index (χ3v) is 10.7. The van der Waals surface area contributed by atoms with E-state index in [2.05, 4.69) is 0 Å². The lowest BCUT2D eigenvalue weighted by molar-refractivity contribution is -0.319. The Bertz CT molecular complexity index is 2220. The van der Waals surface area contributed by atoms with E-state index >= 15 is 0 Å². The zero-order chi connectivity index (χ0) is 45.3. The summed E-state index contributed by atoms with van der Waals surface area (Å²) in [5.41, 5.74) is 0.801. The van der Waals surface area contributed by atoms with Crippen molar-refractivity contribution in [3.8, 4) is 40.1 Å². The number of carbonyl (C=O) groups excluding carboxylic acids is 1. The van der Waals surface area contributed by atoms with Crippen LogP contribution in [0.15, 0.2) is 77.2 Å². The van der Waals surface area contributed by atoms with Crippen molar-refractivity contribution in [3.05, 3.63) is 78.4 Å². The molecular weight excluding hydrogens is 840 g/mol. The van der Waals surface area contributed by atoms with E-state index in [-0.39, 0.29) is 45.3 Å². The van der Waals surface area contributed by atoms with Gasteiger partial charge in [0.15, 0.2) is 12.4 Å². The van der Waals surface area contributed by atoms with Crippen molar-refractivity contribution in [1.29, 1.82) is 0 Å². The second-order valence-corrected chi connectivity index (χ2v) is 15.1. The molecule has 12 N–H and O–H groups in total. The molecule has 15 unspecified atom stereocenters. The van der Waals surface area contributed by atoms with Gasteiger partial charge in [-0.05, 0) is 55.0 Å². The molecule has 4 aromatic rings. The average Bonchev–Trinajstić information content (AvgIpc) is 3.26. The Morgan fingerprint density at radius 3 is 1.86 bits per heavy atom. The molecule has 3 saturated heterocycles. The molecule has 0 radical (unpaired) electrons. The van der Waals surface area contributed by atoms with E-state index in [1.807, 2.05) is 0 Å². The standard InChI is InChI=1S/C42H46O21/c1-17-38(63-29(47)11-4-18-2-7-20(44)8-3-18)34(52)37(55)40(57-17)56-16-28-31(49)33(51)36(54)42(62-28)60-26-14-23-24(58-39(26)19-5-9-21(45)10-6-19)12-22(46)13-25(23)59-41-35(53)32(50)30(48)27(15-43)61-41/h2-14,17,27-28,30-38,40-43,48-55H,15-16H2,1H3,(H2-,44,45,46,47)/p+1. The third kappa shape index (κ3) is 9.95. The van der Waals surface area contributed by atoms with E-state index in [4.69, 9.17) is 37.6 Å². The maximum Gasteiger partial charge on any atom is 0.402 e. The number of carbonyl (C=O) groups is 1. The van der Waals surface area contributed by atoms with Crippen LogP contribution in [0.4, 0.5) is 0 Å². The first-order valence-corrected chi connectivity index (χ1v) is 19.6. The van der Waals surface area contributed by atoms with Gasteiger partial charge in [-0.3, -0.25) is 0 Å². The van der Waals surface area contributed by atoms with E-state index in [1.54, 1.807) is 12.1 Å². The lowest BCUT2D eigenvalue weighted by atomic mass is 9.98. The molecule has 3 aliphatic rings. The van der Waals surface area contributed by atoms with E-state index in [9.17, 15) is 66.1 Å². The van der Waals surface area contributed by atoms with E-state index < -0.39 is 117 Å². The highest BCUT2D eigenvalue weighted by Gasteiger charge is 2.49. The predicted molar refractivity (Wildman–Crippen MR) is 210 cm³/mol. The van der Waals surface area contributed by atoms with Gasteiger partial charge < -0.3 is 94.4 Å². The summed E-state index contributed by atoms with van der Waals surface area (Å²) in [6.07, 6.45) is -22.3. The van der Waals surface area contributed by atoms with Gasteiger partial charge in [0, 0.05) is 18.2 Å². The summed E-state index contributed by atoms with van der Waals surface area (Å²) in [6, 6.07) is 15.1. The molecule has 21 nitrogen and oxygen atoms in total. The normalized spacial score (nSPS) is 33.6. The van der Waals surface area contributed by atoms with E-state index in [1.165, 1.54) is 61.5 Å². The van der Waals surface area contributed by atoms with E-state index in [0.717, 1.165) is 12.1 Å². The number of aromatic hydroxyl groups is 3. The fourth-order valence-electron chi connectivity index (χ4n) is 7.16. The number of hydrogen-bond donors (Lipinski definition) is 12. The summed E-state index contributed by atoms with van der Waals surface area (Å²) in [4.78, 5) is 12.6. The van der Waals surface area contributed by atoms with Crippen LogP contribution in [-0.4, -0.2) is 173 Å². The maximum absolute atomic E-state index is 12.6. The van der Waals surface area contributed by atoms with Crippen LogP contribution < -0.4 is 9.47 Å². The van der Waals surface area contributed by atoms with Crippen molar-refractivity contribution in [2.75, 3.05) is 13.2 Å². The highest BCUT2D eigenvalue weighted by atomic mass is 16.7. The van der Waals surface area contributed by atoms with Gasteiger partial charge in [-0.15, -0.1) is 0 Å². The number of rotatable bonds is 12. The Kier molecular flexibility index (Phi) is 14.0. The molecular formula is C42H47O21+. The van der Waals surface area contributed by atoms with Crippen molar-refractivity contribution < 1.29 is 104 Å². The Balaban J connectivity index is 1.09. The highest BCUT2D eigenvalue weighted by Crippen LogP contribution is 2.42. The molecule has 3 fully saturated rings. The van der Waals surface area contributed by atoms with Gasteiger partial charge in [-0.25, -0.2) is 9.21 Å². The van der Waals surface area contributed by atoms with Crippen LogP contribution in [0.1, 0.15) is 12.5 Å². The van der Waals surface area contributed by atoms with Crippen LogP contribution in [0.25, 0.3) is 28.4 Å². The summed E-state index contributed by atoms with van der Waals surface area (Å²) in [6.45, 7) is 0.0703. The van der Waals surface area contributed by atoms with Gasteiger partial charge >= 0.3 is 17.3 Å². The molecule has 0 amide bonds. The Morgan fingerprint density at radius 1 is 0.651 bits per heavy atom. The fraction of sp³-hybridized carbons (Fsp3) is 0.429. The Morgan fingerprint density at radius 2 is 1.22 bits per heavy atom. The highest BCUT2D eigenvalue weighted by molar-refractivity contribution is 5.89. The molecule has 0 saturated carbocycles. The second kappa shape index (κ2) is 19.2. The van der Waals surface area contributed by atoms with Gasteiger partial charge in [0.25, 0.3) is 0 Å². The number of fused-ring (bicyclic) bond motifs is 1. The number of esters is 1. The molecule has 15 atom stereocenters. The van der Waals surface area contributed by atoms with Crippen LogP contribution in [0.2, 0.25) is 0 Å². The summed E-state index contributed by atoms with van der Waals surface area (Å²) < 4.78 is 46.2. The van der Waals surface area contributed by atoms with Crippen LogP contribution in [0, 0.1) is 0 Å². The number of phenolic OH excluding ortho intramolecular Hbond substituents is 3. The fourth-order valence-corrected chi connectivity index (χ4v) is 7.16. The minimum Gasteiger partial charge on any atom is -0.508 e. The van der Waals surface area contributed by atoms with Crippen LogP contribution in [0.3, 0.4) is 0 Å². The topological polar surface area (TPSA) is 336 Å². The zero-order valence-corrected chi connectivity index (χ0v) is 33.1. The Hall–Kier alpha value is -5.24. The summed E-state index contributed by atoms with van der Waals surface area (Å²) in [5.74, 6) is -1.86. The SMILES string of the molecule is CC1OC(OCC2OC(Oc3cc4c(OC5OC(CO)C(O)C(O)C5O)cc(O)cc4[o+]c3-c3ccc(O)cc3)C(O)C(O)C2O)C(O)C(O)C1OC(=O)C=Cc1ccc(O)cc1. The first-order valence-electron chi connectivity index (χ1n) is 19.6. The number of aliphatic hydroxyl groups excluding tert-OH is 9. The molecule has 3 aliphatic heterocycles. The third-order valence-electron chi connectivity index (χ3n) is 10.7. The minimum absolute atomic E-state index is 0.0292. The van der Waals surface area contributed by atoms with Crippen LogP contribution >= 0.6 is 0 Å². The van der Waals surface area contributed by atoms with Gasteiger partial charge in [-0.2, -0.15) is 0 Å². The summed E-state index contributed by atoms with van der Waals surface area (Å²) in [7, 11) is 0. The Labute approximate surface area is 356 Å². The molecule has 4 heterocycles. The monoisotopic (exact) mass is 887 g/mol. The van der Waals surface area contributed by atoms with Crippen LogP contribution in [-0.2, 0) is 28.5 Å². The number of phenols is 3. The van der Waals surface area contributed by atoms with Crippen molar-refractivity contribution in [3.63, 3.8) is 0 Å². The number of aliphatic hydroxyl groups is 9. The van der Waals surface area contributed by atoms with Gasteiger partial charge in [0.1, 0.15) is 89.4 Å². The predicted octanol–water partition coefficient (Wildman–Crippen LogP) is -1.03. The molecule has 0 spiro atoms. The smallest absolute Gasteiger partial charge is 0.402 e. The lowest BCUT2D eigenvalue weighted by Gasteiger charge is -2.42. The molecule has 21 heteroatoms. The summed E-state index contributed by atoms with van der Waals surface area (Å²) in [5, 5.41) is 126. The molecule has 1 aromatic heterocycles. The van der Waals surface area contributed by atoms with Crippen molar-refractivity contribution in [2.24, 2.45) is 0 Å². The minimum atomic E-state index is -1.93. The van der Waals surface area contributed by atoms with E-state index in [0.29, 0.717) is 5.56 Å². The first-order chi connectivity index (χ1) is 30.0. The van der Waals surface area contributed by atoms with Crippen molar-refractivity contribution in [1.82, 2.24) is 0 Å².